The number of ketones is 1. The van der Waals surface area contributed by atoms with Crippen molar-refractivity contribution in [1.82, 2.24) is 10.2 Å². The van der Waals surface area contributed by atoms with Gasteiger partial charge in [-0.05, 0) is 19.1 Å². The summed E-state index contributed by atoms with van der Waals surface area (Å²) in [6.07, 6.45) is 0. The highest BCUT2D eigenvalue weighted by Crippen LogP contribution is 2.46. The molecule has 1 N–H and O–H groups in total. The molecule has 0 bridgehead atoms. The van der Waals surface area contributed by atoms with Crippen molar-refractivity contribution in [3.05, 3.63) is 34.9 Å². The lowest BCUT2D eigenvalue weighted by atomic mass is 10.2. The van der Waals surface area contributed by atoms with Crippen molar-refractivity contribution in [3.63, 3.8) is 0 Å². The zero-order valence-electron chi connectivity index (χ0n) is 13.6. The Morgan fingerprint density at radius 3 is 2.92 bits per heavy atom. The van der Waals surface area contributed by atoms with Crippen LogP contribution < -0.4 is 10.2 Å². The molecule has 0 unspecified atom stereocenters. The van der Waals surface area contributed by atoms with Gasteiger partial charge in [0.25, 0.3) is 0 Å². The number of carbonyl (C=O) groups is 1. The number of aromatic nitrogens is 2. The van der Waals surface area contributed by atoms with E-state index in [1.54, 1.807) is 0 Å². The first-order valence-corrected chi connectivity index (χ1v) is 10.1. The van der Waals surface area contributed by atoms with Gasteiger partial charge in [0.05, 0.1) is 11.4 Å². The zero-order valence-corrected chi connectivity index (χ0v) is 16.1. The number of allylic oxidation sites excluding steroid dienone is 1. The number of nitriles is 1. The van der Waals surface area contributed by atoms with Crippen molar-refractivity contribution in [1.29, 1.82) is 5.26 Å². The topological polar surface area (TPSA) is 81.9 Å². The SMILES string of the molecule is CCNc1nnc(SCC(=O)/C(C#N)=C2/Sc3ccccc3N2C)s1. The summed E-state index contributed by atoms with van der Waals surface area (Å²) >= 11 is 4.16. The van der Waals surface area contributed by atoms with E-state index in [2.05, 4.69) is 21.6 Å². The maximum absolute atomic E-state index is 12.6. The fourth-order valence-corrected chi connectivity index (χ4v) is 5.09. The molecule has 0 saturated carbocycles. The lowest BCUT2D eigenvalue weighted by Crippen LogP contribution is -2.16. The first-order valence-electron chi connectivity index (χ1n) is 7.52. The van der Waals surface area contributed by atoms with Gasteiger partial charge in [-0.3, -0.25) is 4.79 Å². The van der Waals surface area contributed by atoms with Gasteiger partial charge >= 0.3 is 0 Å². The lowest BCUT2D eigenvalue weighted by Gasteiger charge is -2.14. The largest absolute Gasteiger partial charge is 0.360 e. The van der Waals surface area contributed by atoms with Crippen molar-refractivity contribution in [2.24, 2.45) is 0 Å². The van der Waals surface area contributed by atoms with Crippen LogP contribution in [0.5, 0.6) is 0 Å². The summed E-state index contributed by atoms with van der Waals surface area (Å²) < 4.78 is 0.710. The molecule has 128 valence electrons. The van der Waals surface area contributed by atoms with Crippen LogP contribution in [0.2, 0.25) is 0 Å². The third-order valence-corrected chi connectivity index (χ3v) is 6.65. The highest BCUT2D eigenvalue weighted by atomic mass is 32.2. The quantitative estimate of drug-likeness (QED) is 0.456. The van der Waals surface area contributed by atoms with Crippen LogP contribution in [0.4, 0.5) is 10.8 Å². The number of fused-ring (bicyclic) bond motifs is 1. The van der Waals surface area contributed by atoms with Crippen LogP contribution in [0, 0.1) is 11.3 Å². The number of thioether (sulfide) groups is 2. The molecular weight excluding hydrogens is 374 g/mol. The minimum atomic E-state index is -0.199. The van der Waals surface area contributed by atoms with Gasteiger partial charge < -0.3 is 10.2 Å². The standard InChI is InChI=1S/C16H15N5OS3/c1-3-18-15-19-20-16(25-15)23-9-12(22)10(8-17)14-21(2)11-6-4-5-7-13(11)24-14/h4-7H,3,9H2,1-2H3,(H,18,19)/b14-10+. The predicted octanol–water partition coefficient (Wildman–Crippen LogP) is 3.61. The monoisotopic (exact) mass is 389 g/mol. The number of anilines is 2. The highest BCUT2D eigenvalue weighted by Gasteiger charge is 2.27. The second-order valence-electron chi connectivity index (χ2n) is 5.04. The zero-order chi connectivity index (χ0) is 17.8. The Labute approximate surface area is 158 Å². The molecule has 0 spiro atoms. The number of carbonyl (C=O) groups excluding carboxylic acids is 1. The van der Waals surface area contributed by atoms with Crippen LogP contribution in [0.15, 0.2) is 44.1 Å². The third-order valence-electron chi connectivity index (χ3n) is 3.40. The maximum atomic E-state index is 12.6. The van der Waals surface area contributed by atoms with E-state index in [4.69, 9.17) is 0 Å². The average molecular weight is 390 g/mol. The Morgan fingerprint density at radius 2 is 2.20 bits per heavy atom. The summed E-state index contributed by atoms with van der Waals surface area (Å²) in [5, 5.41) is 22.1. The van der Waals surface area contributed by atoms with E-state index in [9.17, 15) is 10.1 Å². The van der Waals surface area contributed by atoms with E-state index in [1.807, 2.05) is 43.1 Å². The number of rotatable bonds is 6. The maximum Gasteiger partial charge on any atom is 0.206 e. The van der Waals surface area contributed by atoms with E-state index >= 15 is 0 Å². The lowest BCUT2D eigenvalue weighted by molar-refractivity contribution is -0.112. The summed E-state index contributed by atoms with van der Waals surface area (Å²) in [6.45, 7) is 2.75. The number of hydrogen-bond acceptors (Lipinski definition) is 9. The second-order valence-corrected chi connectivity index (χ2v) is 8.27. The number of hydrogen-bond donors (Lipinski definition) is 1. The summed E-state index contributed by atoms with van der Waals surface area (Å²) in [5.41, 5.74) is 1.20. The first kappa shape index (κ1) is 17.8. The fourth-order valence-electron chi connectivity index (χ4n) is 2.24. The second kappa shape index (κ2) is 7.91. The van der Waals surface area contributed by atoms with Gasteiger partial charge in [-0.15, -0.1) is 10.2 Å². The summed E-state index contributed by atoms with van der Waals surface area (Å²) in [7, 11) is 1.87. The van der Waals surface area contributed by atoms with Crippen LogP contribution in [0.25, 0.3) is 0 Å². The van der Waals surface area contributed by atoms with Crippen LogP contribution in [-0.2, 0) is 4.79 Å². The van der Waals surface area contributed by atoms with Gasteiger partial charge in [-0.1, -0.05) is 47.0 Å². The molecule has 1 aromatic carbocycles. The number of Topliss-reactive ketones (excluding diaryl/α,β-unsaturated/α-hetero) is 1. The molecule has 0 atom stereocenters. The molecule has 1 aliphatic rings. The van der Waals surface area contributed by atoms with Crippen molar-refractivity contribution < 1.29 is 4.79 Å². The molecule has 25 heavy (non-hydrogen) atoms. The minimum absolute atomic E-state index is 0.165. The smallest absolute Gasteiger partial charge is 0.206 e. The van der Waals surface area contributed by atoms with Gasteiger partial charge in [-0.25, -0.2) is 0 Å². The van der Waals surface area contributed by atoms with Gasteiger partial charge in [0.1, 0.15) is 16.7 Å². The van der Waals surface area contributed by atoms with Crippen molar-refractivity contribution in [3.8, 4) is 6.07 Å². The number of nitrogens with one attached hydrogen (secondary N) is 1. The van der Waals surface area contributed by atoms with Gasteiger partial charge in [0.15, 0.2) is 10.1 Å². The first-order chi connectivity index (χ1) is 12.1. The van der Waals surface area contributed by atoms with Gasteiger partial charge in [0.2, 0.25) is 5.13 Å². The number of para-hydroxylation sites is 1. The van der Waals surface area contributed by atoms with E-state index < -0.39 is 0 Å². The van der Waals surface area contributed by atoms with Crippen molar-refractivity contribution in [2.45, 2.75) is 16.2 Å². The van der Waals surface area contributed by atoms with Crippen LogP contribution in [-0.4, -0.2) is 35.3 Å². The van der Waals surface area contributed by atoms with Crippen LogP contribution in [0.1, 0.15) is 6.92 Å². The molecule has 0 saturated heterocycles. The normalized spacial score (nSPS) is 14.8. The van der Waals surface area contributed by atoms with Crippen LogP contribution in [0.3, 0.4) is 0 Å². The van der Waals surface area contributed by atoms with Crippen molar-refractivity contribution in [2.75, 3.05) is 29.6 Å². The average Bonchev–Trinajstić information content (AvgIpc) is 3.20. The van der Waals surface area contributed by atoms with E-state index in [0.717, 1.165) is 22.3 Å². The molecule has 0 amide bonds. The molecule has 2 heterocycles. The summed E-state index contributed by atoms with van der Waals surface area (Å²) in [5.74, 6) is -0.0346. The Balaban J connectivity index is 1.73. The summed E-state index contributed by atoms with van der Waals surface area (Å²) in [6, 6.07) is 9.94. The molecule has 0 fully saturated rings. The number of benzene rings is 1. The van der Waals surface area contributed by atoms with Crippen LogP contribution >= 0.6 is 34.9 Å². The highest BCUT2D eigenvalue weighted by molar-refractivity contribution is 8.04. The molecule has 0 aliphatic carbocycles. The molecule has 9 heteroatoms. The molecule has 2 aromatic rings. The Kier molecular flexibility index (Phi) is 5.63. The van der Waals surface area contributed by atoms with E-state index in [-0.39, 0.29) is 17.1 Å². The Morgan fingerprint density at radius 1 is 1.40 bits per heavy atom. The predicted molar refractivity (Wildman–Crippen MR) is 103 cm³/mol. The Hall–Kier alpha value is -2.02. The summed E-state index contributed by atoms with van der Waals surface area (Å²) in [4.78, 5) is 15.5. The number of nitrogens with zero attached hydrogens (tertiary/aromatic N) is 4. The minimum Gasteiger partial charge on any atom is -0.360 e. The fraction of sp³-hybridized carbons (Fsp3) is 0.250. The molecule has 1 aromatic heterocycles. The Bertz CT molecular complexity index is 871. The molecular formula is C16H15N5OS3. The molecule has 6 nitrogen and oxygen atoms in total. The van der Waals surface area contributed by atoms with Crippen molar-refractivity contribution >= 4 is 51.5 Å². The van der Waals surface area contributed by atoms with Gasteiger partial charge in [0, 0.05) is 18.5 Å². The van der Waals surface area contributed by atoms with E-state index in [1.165, 1.54) is 34.9 Å². The third kappa shape index (κ3) is 3.81. The molecule has 0 radical (unpaired) electrons. The molecule has 3 rings (SSSR count). The van der Waals surface area contributed by atoms with E-state index in [0.29, 0.717) is 9.37 Å². The molecule has 1 aliphatic heterocycles. The van der Waals surface area contributed by atoms with Gasteiger partial charge in [-0.2, -0.15) is 5.26 Å².